The second-order valence-corrected chi connectivity index (χ2v) is 11.7. The largest absolute Gasteiger partial charge is 0.464 e. The second-order valence-electron chi connectivity index (χ2n) is 10.5. The van der Waals surface area contributed by atoms with Crippen molar-refractivity contribution in [1.82, 2.24) is 19.7 Å². The van der Waals surface area contributed by atoms with Crippen molar-refractivity contribution in [2.75, 3.05) is 18.9 Å². The lowest BCUT2D eigenvalue weighted by atomic mass is 9.80. The zero-order chi connectivity index (χ0) is 30.5. The van der Waals surface area contributed by atoms with Gasteiger partial charge in [-0.3, -0.25) is 14.2 Å². The lowest BCUT2D eigenvalue weighted by Gasteiger charge is -2.34. The Hall–Kier alpha value is -3.08. The summed E-state index contributed by atoms with van der Waals surface area (Å²) in [5, 5.41) is 28.9. The van der Waals surface area contributed by atoms with Gasteiger partial charge in [0, 0.05) is 0 Å². The van der Waals surface area contributed by atoms with Crippen molar-refractivity contribution >= 4 is 31.5 Å². The van der Waals surface area contributed by atoms with Crippen LogP contribution in [-0.4, -0.2) is 68.7 Å². The van der Waals surface area contributed by atoms with Crippen LogP contribution in [0.1, 0.15) is 60.1 Å². The second kappa shape index (κ2) is 13.3. The summed E-state index contributed by atoms with van der Waals surface area (Å²) in [6, 6.07) is 4.17. The molecule has 0 bridgehead atoms. The lowest BCUT2D eigenvalue weighted by molar-refractivity contribution is -0.168. The summed E-state index contributed by atoms with van der Waals surface area (Å²) in [6.07, 6.45) is 0.279. The predicted molar refractivity (Wildman–Crippen MR) is 147 cm³/mol. The van der Waals surface area contributed by atoms with Gasteiger partial charge in [-0.15, -0.1) is 0 Å². The summed E-state index contributed by atoms with van der Waals surface area (Å²) in [6.45, 7) is 9.85. The van der Waals surface area contributed by atoms with Crippen molar-refractivity contribution in [1.29, 1.82) is 5.26 Å². The van der Waals surface area contributed by atoms with Crippen molar-refractivity contribution in [3.8, 4) is 6.07 Å². The predicted octanol–water partition coefficient (Wildman–Crippen LogP) is 2.11. The molecule has 3 rings (SSSR count). The van der Waals surface area contributed by atoms with E-state index in [-0.39, 0.29) is 24.0 Å². The van der Waals surface area contributed by atoms with E-state index in [4.69, 9.17) is 24.5 Å². The van der Waals surface area contributed by atoms with Gasteiger partial charge < -0.3 is 29.6 Å². The number of nitrogen functional groups attached to an aromatic ring is 1. The fraction of sp³-hybridized carbons (Fsp3) is 0.654. The van der Waals surface area contributed by atoms with Crippen LogP contribution in [-0.2, 0) is 38.5 Å². The SMILES string of the molecule is CCC(CC)COC(=O)[C@H](C)N[PH](=O)OC[C@H]1O[C@@](C#N)(c2ccc3c(N)ncnn23)[C@](C)(O)[C@@H]1OC(=O)C(C)C. The van der Waals surface area contributed by atoms with Crippen molar-refractivity contribution < 1.29 is 38.0 Å². The third-order valence-corrected chi connectivity index (χ3v) is 8.43. The maximum Gasteiger partial charge on any atom is 0.323 e. The number of aliphatic hydroxyl groups is 1. The van der Waals surface area contributed by atoms with Gasteiger partial charge in [0.05, 0.1) is 24.8 Å². The molecule has 3 heterocycles. The zero-order valence-corrected chi connectivity index (χ0v) is 25.1. The molecule has 0 aliphatic carbocycles. The minimum atomic E-state index is -3.04. The van der Waals surface area contributed by atoms with Gasteiger partial charge >= 0.3 is 11.9 Å². The maximum atomic E-state index is 12.8. The molecule has 0 amide bonds. The van der Waals surface area contributed by atoms with Gasteiger partial charge in [-0.05, 0) is 31.9 Å². The van der Waals surface area contributed by atoms with E-state index in [1.54, 1.807) is 19.9 Å². The molecule has 2 aromatic heterocycles. The molecule has 6 atom stereocenters. The first kappa shape index (κ1) is 32.4. The van der Waals surface area contributed by atoms with Crippen molar-refractivity contribution in [3.63, 3.8) is 0 Å². The molecule has 1 fully saturated rings. The van der Waals surface area contributed by atoms with Crippen molar-refractivity contribution in [3.05, 3.63) is 24.2 Å². The fourth-order valence-electron chi connectivity index (χ4n) is 4.56. The Labute approximate surface area is 239 Å². The highest BCUT2D eigenvalue weighted by molar-refractivity contribution is 7.36. The average molecular weight is 595 g/mol. The number of aromatic nitrogens is 3. The number of hydrogen-bond acceptors (Lipinski definition) is 12. The number of rotatable bonds is 13. The number of ether oxygens (including phenoxy) is 3. The van der Waals surface area contributed by atoms with E-state index in [9.17, 15) is 24.5 Å². The molecule has 41 heavy (non-hydrogen) atoms. The highest BCUT2D eigenvalue weighted by Crippen LogP contribution is 2.49. The van der Waals surface area contributed by atoms with Crippen molar-refractivity contribution in [2.45, 2.75) is 83.8 Å². The topological polar surface area (TPSA) is 200 Å². The molecule has 1 unspecified atom stereocenters. The Bertz CT molecular complexity index is 1310. The Balaban J connectivity index is 1.82. The molecular weight excluding hydrogens is 555 g/mol. The van der Waals surface area contributed by atoms with Gasteiger partial charge in [-0.2, -0.15) is 10.4 Å². The quantitative estimate of drug-likeness (QED) is 0.225. The lowest BCUT2D eigenvalue weighted by Crippen LogP contribution is -2.54. The van der Waals surface area contributed by atoms with Gasteiger partial charge in [-0.25, -0.2) is 14.6 Å². The molecule has 1 aliphatic rings. The Morgan fingerprint density at radius 3 is 2.59 bits per heavy atom. The smallest absolute Gasteiger partial charge is 0.323 e. The van der Waals surface area contributed by atoms with Crippen LogP contribution in [0.2, 0.25) is 0 Å². The van der Waals surface area contributed by atoms with E-state index in [2.05, 4.69) is 15.2 Å². The molecule has 0 radical (unpaired) electrons. The molecule has 4 N–H and O–H groups in total. The van der Waals surface area contributed by atoms with Crippen LogP contribution in [0.5, 0.6) is 0 Å². The third kappa shape index (κ3) is 6.55. The van der Waals surface area contributed by atoms with Crippen LogP contribution in [0.15, 0.2) is 18.5 Å². The Morgan fingerprint density at radius 2 is 1.98 bits per heavy atom. The molecule has 0 aromatic carbocycles. The molecule has 0 spiro atoms. The van der Waals surface area contributed by atoms with Crippen LogP contribution in [0.25, 0.3) is 5.52 Å². The van der Waals surface area contributed by atoms with Gasteiger partial charge in [-0.1, -0.05) is 40.5 Å². The van der Waals surface area contributed by atoms with E-state index in [0.29, 0.717) is 5.52 Å². The van der Waals surface area contributed by atoms with Gasteiger partial charge in [0.15, 0.2) is 11.9 Å². The van der Waals surface area contributed by atoms with Crippen LogP contribution in [0, 0.1) is 23.2 Å². The van der Waals surface area contributed by atoms with Crippen LogP contribution < -0.4 is 10.8 Å². The van der Waals surface area contributed by atoms with E-state index in [0.717, 1.165) is 12.8 Å². The number of nitrogens with two attached hydrogens (primary N) is 1. The number of esters is 2. The minimum Gasteiger partial charge on any atom is -0.464 e. The highest BCUT2D eigenvalue weighted by Gasteiger charge is 2.67. The standard InChI is InChI=1S/C26H39N6O8P/c1-7-17(8-2)11-37-24(34)16(5)31-41(36)38-12-19-21(39-23(33)15(3)4)25(6,35)26(13-27,40-19)20-10-9-18-22(28)29-14-30-32(18)20/h9-10,14-17,19,21,35,41H,7-8,11-12H2,1-6H3,(H,31,36)(H2,28,29,30)/t16-,19+,21+,25+,26-/m0/s1. The molecule has 1 saturated heterocycles. The number of carbonyl (C=O) groups excluding carboxylic acids is 2. The third-order valence-electron chi connectivity index (χ3n) is 7.33. The van der Waals surface area contributed by atoms with Crippen LogP contribution >= 0.6 is 8.18 Å². The van der Waals surface area contributed by atoms with E-state index in [1.807, 2.05) is 19.9 Å². The molecule has 0 saturated carbocycles. The number of nitrogens with one attached hydrogen (secondary N) is 1. The minimum absolute atomic E-state index is 0.113. The summed E-state index contributed by atoms with van der Waals surface area (Å²) in [5.74, 6) is -1.41. The van der Waals surface area contributed by atoms with Crippen LogP contribution in [0.4, 0.5) is 5.82 Å². The normalized spacial score (nSPS) is 25.8. The number of fused-ring (bicyclic) bond motifs is 1. The Morgan fingerprint density at radius 1 is 1.29 bits per heavy atom. The number of hydrogen-bond donors (Lipinski definition) is 3. The highest BCUT2D eigenvalue weighted by atomic mass is 31.1. The maximum absolute atomic E-state index is 12.8. The van der Waals surface area contributed by atoms with Gasteiger partial charge in [0.1, 0.15) is 35.7 Å². The van der Waals surface area contributed by atoms with E-state index in [1.165, 1.54) is 30.8 Å². The molecule has 15 heteroatoms. The fourth-order valence-corrected chi connectivity index (χ4v) is 5.43. The van der Waals surface area contributed by atoms with Gasteiger partial charge in [0.25, 0.3) is 8.18 Å². The summed E-state index contributed by atoms with van der Waals surface area (Å²) >= 11 is 0. The summed E-state index contributed by atoms with van der Waals surface area (Å²) in [4.78, 5) is 28.9. The Kier molecular flexibility index (Phi) is 10.5. The first-order valence-electron chi connectivity index (χ1n) is 13.5. The van der Waals surface area contributed by atoms with E-state index < -0.39 is 62.1 Å². The number of carbonyl (C=O) groups is 2. The molecular formula is C26H39N6O8P. The molecule has 2 aromatic rings. The monoisotopic (exact) mass is 594 g/mol. The average Bonchev–Trinajstić information content (AvgIpc) is 3.46. The summed E-state index contributed by atoms with van der Waals surface area (Å²) < 4.78 is 36.6. The van der Waals surface area contributed by atoms with Crippen LogP contribution in [0.3, 0.4) is 0 Å². The molecule has 1 aliphatic heterocycles. The summed E-state index contributed by atoms with van der Waals surface area (Å²) in [7, 11) is -3.04. The van der Waals surface area contributed by atoms with E-state index >= 15 is 0 Å². The number of anilines is 1. The first-order valence-corrected chi connectivity index (χ1v) is 14.8. The number of nitriles is 1. The molecule has 226 valence electrons. The molecule has 14 nitrogen and oxygen atoms in total. The first-order chi connectivity index (χ1) is 19.3. The number of nitrogens with zero attached hydrogens (tertiary/aromatic N) is 4. The zero-order valence-electron chi connectivity index (χ0n) is 24.1. The summed E-state index contributed by atoms with van der Waals surface area (Å²) in [5.41, 5.74) is 2.20. The van der Waals surface area contributed by atoms with Gasteiger partial charge in [0.2, 0.25) is 5.60 Å². The van der Waals surface area contributed by atoms with Crippen molar-refractivity contribution in [2.24, 2.45) is 11.8 Å².